The largest absolute Gasteiger partial charge is 0.363 e. The van der Waals surface area contributed by atoms with Crippen molar-refractivity contribution in [1.29, 1.82) is 0 Å². The highest BCUT2D eigenvalue weighted by Gasteiger charge is 2.15. The fourth-order valence-electron chi connectivity index (χ4n) is 1.94. The number of aromatic nitrogens is 2. The number of hydrogen-bond acceptors (Lipinski definition) is 8. The van der Waals surface area contributed by atoms with Crippen molar-refractivity contribution < 1.29 is 14.4 Å². The van der Waals surface area contributed by atoms with E-state index < -0.39 is 0 Å². The summed E-state index contributed by atoms with van der Waals surface area (Å²) in [7, 11) is 1.75. The highest BCUT2D eigenvalue weighted by atomic mass is 32.2. The van der Waals surface area contributed by atoms with Crippen molar-refractivity contribution in [3.8, 4) is 0 Å². The highest BCUT2D eigenvalue weighted by molar-refractivity contribution is 8.01. The average molecular weight is 379 g/mol. The number of carbonyl (C=O) groups excluding carboxylic acids is 3. The fraction of sp³-hybridized carbons (Fsp3) is 0.267. The minimum atomic E-state index is -0.301. The van der Waals surface area contributed by atoms with Gasteiger partial charge in [-0.2, -0.15) is 0 Å². The van der Waals surface area contributed by atoms with Crippen LogP contribution in [0.15, 0.2) is 22.5 Å². The number of nitrogens with one attached hydrogen (secondary N) is 3. The Balaban J connectivity index is 2.15. The summed E-state index contributed by atoms with van der Waals surface area (Å²) < 4.78 is 0.675. The Morgan fingerprint density at radius 3 is 2.44 bits per heavy atom. The predicted molar refractivity (Wildman–Crippen MR) is 99.6 cm³/mol. The molecule has 3 N–H and O–H groups in total. The van der Waals surface area contributed by atoms with Gasteiger partial charge in [0.2, 0.25) is 16.9 Å². The van der Waals surface area contributed by atoms with Gasteiger partial charge >= 0.3 is 0 Å². The van der Waals surface area contributed by atoms with E-state index in [1.165, 1.54) is 36.9 Å². The van der Waals surface area contributed by atoms with Crippen molar-refractivity contribution in [2.75, 3.05) is 28.8 Å². The third-order valence-corrected chi connectivity index (χ3v) is 4.97. The molecule has 0 unspecified atom stereocenters. The van der Waals surface area contributed by atoms with Crippen LogP contribution in [0.5, 0.6) is 0 Å². The molecule has 0 radical (unpaired) electrons. The standard InChI is InChI=1S/C15H17N5O3S2/c1-8(21)17-10-4-5-11(12(6-10)18-9(2)22)13(23)7-24-15-20-19-14(16-3)25-15/h4-6H,7H2,1-3H3,(H,16,19)(H,17,21)(H,18,22). The summed E-state index contributed by atoms with van der Waals surface area (Å²) in [5, 5.41) is 16.7. The predicted octanol–water partition coefficient (Wildman–Crippen LogP) is 2.47. The molecule has 0 saturated carbocycles. The topological polar surface area (TPSA) is 113 Å². The molecule has 0 aliphatic carbocycles. The van der Waals surface area contributed by atoms with Gasteiger partial charge in [0.05, 0.1) is 11.4 Å². The third-order valence-electron chi connectivity index (χ3n) is 2.90. The molecule has 10 heteroatoms. The van der Waals surface area contributed by atoms with E-state index in [2.05, 4.69) is 26.1 Å². The molecule has 1 aromatic heterocycles. The average Bonchev–Trinajstić information content (AvgIpc) is 3.00. The number of hydrogen-bond donors (Lipinski definition) is 3. The van der Waals surface area contributed by atoms with Gasteiger partial charge in [0, 0.05) is 32.1 Å². The summed E-state index contributed by atoms with van der Waals surface area (Å²) in [5.74, 6) is -0.543. The van der Waals surface area contributed by atoms with Gasteiger partial charge < -0.3 is 16.0 Å². The van der Waals surface area contributed by atoms with Gasteiger partial charge in [-0.05, 0) is 18.2 Å². The van der Waals surface area contributed by atoms with Crippen LogP contribution < -0.4 is 16.0 Å². The molecule has 0 aliphatic heterocycles. The van der Waals surface area contributed by atoms with Crippen molar-refractivity contribution in [3.63, 3.8) is 0 Å². The van der Waals surface area contributed by atoms with E-state index in [1.54, 1.807) is 25.2 Å². The van der Waals surface area contributed by atoms with E-state index in [4.69, 9.17) is 0 Å². The maximum atomic E-state index is 12.5. The van der Waals surface area contributed by atoms with Crippen LogP contribution in [0.4, 0.5) is 16.5 Å². The van der Waals surface area contributed by atoms with E-state index in [0.29, 0.717) is 26.4 Å². The zero-order valence-electron chi connectivity index (χ0n) is 13.9. The number of rotatable bonds is 7. The van der Waals surface area contributed by atoms with Crippen LogP contribution in [0.2, 0.25) is 0 Å². The molecule has 0 atom stereocenters. The van der Waals surface area contributed by atoms with E-state index in [0.717, 1.165) is 0 Å². The normalized spacial score (nSPS) is 10.2. The van der Waals surface area contributed by atoms with Crippen molar-refractivity contribution in [3.05, 3.63) is 23.8 Å². The lowest BCUT2D eigenvalue weighted by molar-refractivity contribution is -0.115. The second-order valence-corrected chi connectivity index (χ2v) is 7.16. The van der Waals surface area contributed by atoms with E-state index in [-0.39, 0.29) is 23.4 Å². The molecular formula is C15H17N5O3S2. The molecule has 0 bridgehead atoms. The second-order valence-electron chi connectivity index (χ2n) is 4.96. The van der Waals surface area contributed by atoms with Crippen LogP contribution >= 0.6 is 23.1 Å². The summed E-state index contributed by atoms with van der Waals surface area (Å²) in [6.07, 6.45) is 0. The van der Waals surface area contributed by atoms with E-state index in [9.17, 15) is 14.4 Å². The van der Waals surface area contributed by atoms with Crippen molar-refractivity contribution in [1.82, 2.24) is 10.2 Å². The first-order valence-electron chi connectivity index (χ1n) is 7.25. The lowest BCUT2D eigenvalue weighted by Crippen LogP contribution is -2.13. The summed E-state index contributed by atoms with van der Waals surface area (Å²) in [4.78, 5) is 35.1. The molecule has 0 fully saturated rings. The molecule has 1 aromatic carbocycles. The number of benzene rings is 1. The molecule has 8 nitrogen and oxygen atoms in total. The molecule has 132 valence electrons. The smallest absolute Gasteiger partial charge is 0.221 e. The summed E-state index contributed by atoms with van der Waals surface area (Å²) in [6.45, 7) is 2.74. The SMILES string of the molecule is CNc1nnc(SCC(=O)c2ccc(NC(C)=O)cc2NC(C)=O)s1. The first-order valence-corrected chi connectivity index (χ1v) is 9.05. The number of carbonyl (C=O) groups is 3. The Labute approximate surface area is 152 Å². The van der Waals surface area contributed by atoms with Crippen molar-refractivity contribution >= 4 is 57.2 Å². The van der Waals surface area contributed by atoms with E-state index in [1.807, 2.05) is 0 Å². The molecule has 0 saturated heterocycles. The third kappa shape index (κ3) is 5.54. The van der Waals surface area contributed by atoms with Crippen molar-refractivity contribution in [2.24, 2.45) is 0 Å². The van der Waals surface area contributed by atoms with Gasteiger partial charge in [-0.1, -0.05) is 23.1 Å². The number of ketones is 1. The number of nitrogens with zero attached hydrogens (tertiary/aromatic N) is 2. The molecule has 2 aromatic rings. The van der Waals surface area contributed by atoms with Gasteiger partial charge in [0.15, 0.2) is 10.1 Å². The first kappa shape index (κ1) is 18.9. The Bertz CT molecular complexity index is 806. The van der Waals surface area contributed by atoms with E-state index >= 15 is 0 Å². The molecule has 1 heterocycles. The Morgan fingerprint density at radius 2 is 1.84 bits per heavy atom. The van der Waals surface area contributed by atoms with Crippen LogP contribution in [-0.4, -0.2) is 40.6 Å². The Hall–Kier alpha value is -2.46. The van der Waals surface area contributed by atoms with Gasteiger partial charge in [0.25, 0.3) is 0 Å². The summed E-state index contributed by atoms with van der Waals surface area (Å²) in [6, 6.07) is 4.76. The molecular weight excluding hydrogens is 362 g/mol. The lowest BCUT2D eigenvalue weighted by Gasteiger charge is -2.11. The zero-order chi connectivity index (χ0) is 18.4. The minimum Gasteiger partial charge on any atom is -0.363 e. The molecule has 25 heavy (non-hydrogen) atoms. The highest BCUT2D eigenvalue weighted by Crippen LogP contribution is 2.28. The molecule has 0 spiro atoms. The van der Waals surface area contributed by atoms with Gasteiger partial charge in [-0.15, -0.1) is 10.2 Å². The maximum Gasteiger partial charge on any atom is 0.221 e. The van der Waals surface area contributed by atoms with Crippen LogP contribution in [-0.2, 0) is 9.59 Å². The van der Waals surface area contributed by atoms with Crippen molar-refractivity contribution in [2.45, 2.75) is 18.2 Å². The Morgan fingerprint density at radius 1 is 1.12 bits per heavy atom. The maximum absolute atomic E-state index is 12.5. The Kier molecular flexibility index (Phi) is 6.48. The zero-order valence-corrected chi connectivity index (χ0v) is 15.5. The number of amides is 2. The number of anilines is 3. The second kappa shape index (κ2) is 8.58. The minimum absolute atomic E-state index is 0.157. The molecule has 2 rings (SSSR count). The number of Topliss-reactive ketones (excluding diaryl/α,β-unsaturated/α-hetero) is 1. The van der Waals surface area contributed by atoms with Crippen LogP contribution in [0.3, 0.4) is 0 Å². The van der Waals surface area contributed by atoms with Crippen LogP contribution in [0.25, 0.3) is 0 Å². The van der Waals surface area contributed by atoms with Gasteiger partial charge in [-0.25, -0.2) is 0 Å². The quantitative estimate of drug-likeness (QED) is 0.500. The fourth-order valence-corrected chi connectivity index (χ4v) is 3.52. The summed E-state index contributed by atoms with van der Waals surface area (Å²) in [5.41, 5.74) is 1.23. The monoisotopic (exact) mass is 379 g/mol. The van der Waals surface area contributed by atoms with Gasteiger partial charge in [-0.3, -0.25) is 14.4 Å². The first-order chi connectivity index (χ1) is 11.9. The lowest BCUT2D eigenvalue weighted by atomic mass is 10.1. The molecule has 0 aliphatic rings. The van der Waals surface area contributed by atoms with Crippen LogP contribution in [0.1, 0.15) is 24.2 Å². The summed E-state index contributed by atoms with van der Waals surface area (Å²) >= 11 is 2.63. The number of thioether (sulfide) groups is 1. The van der Waals surface area contributed by atoms with Gasteiger partial charge in [0.1, 0.15) is 0 Å². The molecule has 2 amide bonds. The van der Waals surface area contributed by atoms with Crippen LogP contribution in [0, 0.1) is 0 Å².